The molecule has 5 nitrogen and oxygen atoms in total. The van der Waals surface area contributed by atoms with E-state index in [2.05, 4.69) is 154 Å². The van der Waals surface area contributed by atoms with E-state index < -0.39 is 0 Å². The Labute approximate surface area is 287 Å². The van der Waals surface area contributed by atoms with Crippen molar-refractivity contribution in [2.24, 2.45) is 9.98 Å². The number of aliphatic imine (C=N–C) groups is 2. The summed E-state index contributed by atoms with van der Waals surface area (Å²) >= 11 is 0. The highest BCUT2D eigenvalue weighted by molar-refractivity contribution is 6.33. The standard InChI is InChI=1S/C45H29N5/c1-3-13-28(14-4-1)43-46-44(29-15-5-2-6-16-29)48-45(47-43)30-17-11-18-31(27-30)49-38-24-12-21-34-32-19-7-9-22-36(32)50-37-23-10-8-20-33(37)35-25-26-39(49)41(40(34)38)42(35)50/h1-27,43H,(H,46,47,48). The fourth-order valence-electron chi connectivity index (χ4n) is 8.16. The summed E-state index contributed by atoms with van der Waals surface area (Å²) in [5.41, 5.74) is 10.2. The molecule has 3 aromatic heterocycles. The first-order chi connectivity index (χ1) is 24.8. The molecule has 0 amide bonds. The molecule has 0 fully saturated rings. The van der Waals surface area contributed by atoms with Gasteiger partial charge in [-0.3, -0.25) is 0 Å². The van der Waals surface area contributed by atoms with Crippen molar-refractivity contribution < 1.29 is 0 Å². The molecule has 0 saturated heterocycles. The molecule has 0 spiro atoms. The Balaban J connectivity index is 1.18. The maximum absolute atomic E-state index is 5.11. The topological polar surface area (TPSA) is 46.1 Å². The Bertz CT molecular complexity index is 3000. The molecule has 1 unspecified atom stereocenters. The number of amidine groups is 2. The Morgan fingerprint density at radius 1 is 0.480 bits per heavy atom. The first-order valence-electron chi connectivity index (χ1n) is 17.1. The van der Waals surface area contributed by atoms with Crippen molar-refractivity contribution in [1.82, 2.24) is 14.3 Å². The van der Waals surface area contributed by atoms with Crippen LogP contribution in [0, 0.1) is 0 Å². The van der Waals surface area contributed by atoms with Crippen molar-refractivity contribution in [2.75, 3.05) is 0 Å². The molecule has 50 heavy (non-hydrogen) atoms. The quantitative estimate of drug-likeness (QED) is 0.205. The second kappa shape index (κ2) is 10.4. The van der Waals surface area contributed by atoms with E-state index in [1.807, 2.05) is 24.3 Å². The van der Waals surface area contributed by atoms with Crippen LogP contribution < -0.4 is 5.32 Å². The van der Waals surface area contributed by atoms with Crippen LogP contribution in [0.5, 0.6) is 0 Å². The van der Waals surface area contributed by atoms with Gasteiger partial charge in [0.05, 0.1) is 27.6 Å². The maximum Gasteiger partial charge on any atom is 0.159 e. The zero-order valence-corrected chi connectivity index (χ0v) is 27.0. The monoisotopic (exact) mass is 639 g/mol. The van der Waals surface area contributed by atoms with Gasteiger partial charge in [-0.05, 0) is 47.3 Å². The molecular weight excluding hydrogens is 611 g/mol. The van der Waals surface area contributed by atoms with Crippen LogP contribution in [0.2, 0.25) is 0 Å². The average molecular weight is 640 g/mol. The minimum absolute atomic E-state index is 0.258. The van der Waals surface area contributed by atoms with Crippen LogP contribution in [-0.4, -0.2) is 20.6 Å². The number of fused-ring (bicyclic) bond motifs is 6. The minimum Gasteiger partial charge on any atom is -0.344 e. The Kier molecular flexibility index (Phi) is 5.66. The predicted octanol–water partition coefficient (Wildman–Crippen LogP) is 10.4. The lowest BCUT2D eigenvalue weighted by Crippen LogP contribution is -2.33. The third kappa shape index (κ3) is 3.83. The van der Waals surface area contributed by atoms with Crippen molar-refractivity contribution in [3.05, 3.63) is 180 Å². The number of aromatic nitrogens is 2. The van der Waals surface area contributed by atoms with Crippen LogP contribution in [0.4, 0.5) is 0 Å². The molecule has 0 bridgehead atoms. The fraction of sp³-hybridized carbons (Fsp3) is 0.0222. The fourth-order valence-corrected chi connectivity index (χ4v) is 8.16. The van der Waals surface area contributed by atoms with E-state index in [0.717, 1.165) is 34.0 Å². The van der Waals surface area contributed by atoms with Crippen LogP contribution in [0.25, 0.3) is 65.6 Å². The summed E-state index contributed by atoms with van der Waals surface area (Å²) in [6.45, 7) is 0. The van der Waals surface area contributed by atoms with Crippen molar-refractivity contribution in [2.45, 2.75) is 6.17 Å². The Morgan fingerprint density at radius 3 is 1.90 bits per heavy atom. The molecule has 10 aromatic rings. The zero-order chi connectivity index (χ0) is 32.8. The third-order valence-corrected chi connectivity index (χ3v) is 10.3. The maximum atomic E-state index is 5.11. The summed E-state index contributed by atoms with van der Waals surface area (Å²) in [4.78, 5) is 10.2. The van der Waals surface area contributed by atoms with Gasteiger partial charge in [0.1, 0.15) is 12.0 Å². The van der Waals surface area contributed by atoms with Crippen LogP contribution in [0.15, 0.2) is 174 Å². The van der Waals surface area contributed by atoms with Crippen LogP contribution in [-0.2, 0) is 0 Å². The van der Waals surface area contributed by atoms with E-state index in [0.29, 0.717) is 0 Å². The van der Waals surface area contributed by atoms with E-state index >= 15 is 0 Å². The number of benzene rings is 7. The lowest BCUT2D eigenvalue weighted by Gasteiger charge is -2.24. The lowest BCUT2D eigenvalue weighted by molar-refractivity contribution is 0.674. The smallest absolute Gasteiger partial charge is 0.159 e. The van der Waals surface area contributed by atoms with Crippen molar-refractivity contribution in [3.63, 3.8) is 0 Å². The summed E-state index contributed by atoms with van der Waals surface area (Å²) in [5.74, 6) is 1.52. The molecule has 0 saturated carbocycles. The van der Waals surface area contributed by atoms with Crippen LogP contribution >= 0.6 is 0 Å². The normalized spacial score (nSPS) is 15.0. The predicted molar refractivity (Wildman–Crippen MR) is 207 cm³/mol. The molecule has 1 aliphatic rings. The van der Waals surface area contributed by atoms with E-state index in [9.17, 15) is 0 Å². The van der Waals surface area contributed by atoms with Crippen molar-refractivity contribution in [3.8, 4) is 5.69 Å². The van der Waals surface area contributed by atoms with Gasteiger partial charge in [0, 0.05) is 43.7 Å². The van der Waals surface area contributed by atoms with E-state index in [1.165, 1.54) is 59.9 Å². The van der Waals surface area contributed by atoms with Gasteiger partial charge in [-0.25, -0.2) is 9.98 Å². The molecule has 0 radical (unpaired) electrons. The number of nitrogens with one attached hydrogen (secondary N) is 1. The van der Waals surface area contributed by atoms with E-state index in [-0.39, 0.29) is 6.17 Å². The molecule has 7 aromatic carbocycles. The van der Waals surface area contributed by atoms with E-state index in [4.69, 9.17) is 9.98 Å². The molecule has 5 heteroatoms. The van der Waals surface area contributed by atoms with Gasteiger partial charge in [-0.1, -0.05) is 127 Å². The average Bonchev–Trinajstić information content (AvgIpc) is 3.67. The highest BCUT2D eigenvalue weighted by atomic mass is 15.2. The molecule has 0 aliphatic carbocycles. The number of hydrogen-bond donors (Lipinski definition) is 1. The number of hydrogen-bond acceptors (Lipinski definition) is 3. The molecule has 11 rings (SSSR count). The van der Waals surface area contributed by atoms with Gasteiger partial charge in [0.15, 0.2) is 5.84 Å². The number of nitrogens with zero attached hydrogens (tertiary/aromatic N) is 4. The van der Waals surface area contributed by atoms with Gasteiger partial charge in [-0.15, -0.1) is 0 Å². The van der Waals surface area contributed by atoms with Crippen molar-refractivity contribution in [1.29, 1.82) is 0 Å². The minimum atomic E-state index is -0.258. The third-order valence-electron chi connectivity index (χ3n) is 10.3. The highest BCUT2D eigenvalue weighted by Gasteiger charge is 2.24. The Morgan fingerprint density at radius 2 is 1.10 bits per heavy atom. The van der Waals surface area contributed by atoms with Crippen molar-refractivity contribution >= 4 is 71.6 Å². The summed E-state index contributed by atoms with van der Waals surface area (Å²) in [6, 6.07) is 58.3. The Hall–Kier alpha value is -6.72. The second-order valence-electron chi connectivity index (χ2n) is 13.0. The van der Waals surface area contributed by atoms with Gasteiger partial charge in [-0.2, -0.15) is 0 Å². The van der Waals surface area contributed by atoms with Gasteiger partial charge in [0.2, 0.25) is 0 Å². The number of rotatable bonds is 4. The van der Waals surface area contributed by atoms with Gasteiger partial charge < -0.3 is 14.3 Å². The molecular formula is C45H29N5. The van der Waals surface area contributed by atoms with Gasteiger partial charge >= 0.3 is 0 Å². The summed E-state index contributed by atoms with van der Waals surface area (Å²) in [5, 5.41) is 11.3. The first kappa shape index (κ1) is 27.3. The highest BCUT2D eigenvalue weighted by Crippen LogP contribution is 2.45. The second-order valence-corrected chi connectivity index (χ2v) is 13.0. The summed E-state index contributed by atoms with van der Waals surface area (Å²) in [7, 11) is 0. The molecule has 1 aliphatic heterocycles. The first-order valence-corrected chi connectivity index (χ1v) is 17.1. The largest absolute Gasteiger partial charge is 0.344 e. The zero-order valence-electron chi connectivity index (χ0n) is 27.0. The van der Waals surface area contributed by atoms with Gasteiger partial charge in [0.25, 0.3) is 0 Å². The van der Waals surface area contributed by atoms with Crippen LogP contribution in [0.1, 0.15) is 22.9 Å². The molecule has 4 heterocycles. The molecule has 234 valence electrons. The molecule has 1 N–H and O–H groups in total. The van der Waals surface area contributed by atoms with Crippen LogP contribution in [0.3, 0.4) is 0 Å². The SMILES string of the molecule is c1ccc(C2=NC(c3ccccc3)NC(c3cccc(-n4c5cccc6c7ccccc7n7c8ccccc8c8ccc4c(c65)c87)c3)=N2)cc1. The summed E-state index contributed by atoms with van der Waals surface area (Å²) < 4.78 is 4.91. The summed E-state index contributed by atoms with van der Waals surface area (Å²) in [6.07, 6.45) is -0.258. The molecule has 1 atom stereocenters. The van der Waals surface area contributed by atoms with E-state index in [1.54, 1.807) is 0 Å². The lowest BCUT2D eigenvalue weighted by atomic mass is 10.0. The number of para-hydroxylation sites is 2.